The molecule has 92 valence electrons. The van der Waals surface area contributed by atoms with Crippen molar-refractivity contribution in [3.8, 4) is 0 Å². The van der Waals surface area contributed by atoms with Gasteiger partial charge < -0.3 is 16.2 Å². The van der Waals surface area contributed by atoms with Crippen LogP contribution in [0.1, 0.15) is 39.5 Å². The minimum absolute atomic E-state index is 0.219. The van der Waals surface area contributed by atoms with Gasteiger partial charge in [-0.15, -0.1) is 0 Å². The van der Waals surface area contributed by atoms with E-state index in [0.717, 1.165) is 6.42 Å². The zero-order valence-corrected chi connectivity index (χ0v) is 9.82. The molecule has 16 heavy (non-hydrogen) atoms. The molecule has 1 fully saturated rings. The predicted octanol–water partition coefficient (Wildman–Crippen LogP) is 0.483. The van der Waals surface area contributed by atoms with Crippen LogP contribution in [0.2, 0.25) is 0 Å². The number of hydrogen-bond donors (Lipinski definition) is 3. The van der Waals surface area contributed by atoms with E-state index in [1.54, 1.807) is 0 Å². The van der Waals surface area contributed by atoms with E-state index in [1.807, 2.05) is 13.8 Å². The second-order valence-corrected chi connectivity index (χ2v) is 5.00. The van der Waals surface area contributed by atoms with Crippen LogP contribution < -0.4 is 11.1 Å². The number of rotatable bonds is 5. The quantitative estimate of drug-likeness (QED) is 0.638. The first-order valence-electron chi connectivity index (χ1n) is 5.68. The SMILES string of the molecule is CC(C)CC(NC(=O)C1(N)CCC1)C(=O)O. The zero-order chi connectivity index (χ0) is 12.3. The monoisotopic (exact) mass is 228 g/mol. The van der Waals surface area contributed by atoms with Crippen LogP contribution in [-0.2, 0) is 9.59 Å². The number of nitrogens with two attached hydrogens (primary N) is 1. The highest BCUT2D eigenvalue weighted by atomic mass is 16.4. The number of aliphatic carboxylic acids is 1. The van der Waals surface area contributed by atoms with Crippen molar-refractivity contribution in [2.24, 2.45) is 11.7 Å². The summed E-state index contributed by atoms with van der Waals surface area (Å²) in [4.78, 5) is 22.7. The molecule has 0 aliphatic heterocycles. The van der Waals surface area contributed by atoms with Crippen LogP contribution in [0.3, 0.4) is 0 Å². The lowest BCUT2D eigenvalue weighted by molar-refractivity contribution is -0.143. The van der Waals surface area contributed by atoms with Crippen molar-refractivity contribution in [2.45, 2.75) is 51.1 Å². The maximum absolute atomic E-state index is 11.7. The summed E-state index contributed by atoms with van der Waals surface area (Å²) >= 11 is 0. The number of amides is 1. The highest BCUT2D eigenvalue weighted by molar-refractivity contribution is 5.90. The largest absolute Gasteiger partial charge is 0.480 e. The van der Waals surface area contributed by atoms with Crippen LogP contribution >= 0.6 is 0 Å². The number of carboxylic acid groups (broad SMARTS) is 1. The van der Waals surface area contributed by atoms with Gasteiger partial charge in [0, 0.05) is 0 Å². The van der Waals surface area contributed by atoms with E-state index in [-0.39, 0.29) is 11.8 Å². The van der Waals surface area contributed by atoms with Gasteiger partial charge in [-0.05, 0) is 31.6 Å². The number of carboxylic acids is 1. The molecule has 1 amide bonds. The average Bonchev–Trinajstić information content (AvgIpc) is 2.11. The highest BCUT2D eigenvalue weighted by Crippen LogP contribution is 2.29. The lowest BCUT2D eigenvalue weighted by Gasteiger charge is -2.37. The van der Waals surface area contributed by atoms with E-state index < -0.39 is 17.6 Å². The van der Waals surface area contributed by atoms with Crippen molar-refractivity contribution >= 4 is 11.9 Å². The van der Waals surface area contributed by atoms with E-state index in [1.165, 1.54) is 0 Å². The second kappa shape index (κ2) is 4.82. The Morgan fingerprint density at radius 1 is 1.44 bits per heavy atom. The molecule has 1 atom stereocenters. The standard InChI is InChI=1S/C11H20N2O3/c1-7(2)6-8(9(14)15)13-10(16)11(12)4-3-5-11/h7-8H,3-6,12H2,1-2H3,(H,13,16)(H,14,15). The molecule has 1 rings (SSSR count). The third kappa shape index (κ3) is 2.95. The molecule has 0 aromatic heterocycles. The first kappa shape index (κ1) is 13.0. The normalized spacial score (nSPS) is 20.0. The van der Waals surface area contributed by atoms with Gasteiger partial charge in [-0.2, -0.15) is 0 Å². The van der Waals surface area contributed by atoms with E-state index in [2.05, 4.69) is 5.32 Å². The molecule has 5 nitrogen and oxygen atoms in total. The molecule has 1 saturated carbocycles. The minimum atomic E-state index is -0.995. The van der Waals surface area contributed by atoms with Crippen LogP contribution in [0.4, 0.5) is 0 Å². The second-order valence-electron chi connectivity index (χ2n) is 5.00. The number of hydrogen-bond acceptors (Lipinski definition) is 3. The Morgan fingerprint density at radius 3 is 2.31 bits per heavy atom. The van der Waals surface area contributed by atoms with Gasteiger partial charge in [0.25, 0.3) is 0 Å². The van der Waals surface area contributed by atoms with Gasteiger partial charge in [-0.1, -0.05) is 13.8 Å². The maximum Gasteiger partial charge on any atom is 0.326 e. The van der Waals surface area contributed by atoms with Crippen LogP contribution in [0, 0.1) is 5.92 Å². The fraction of sp³-hybridized carbons (Fsp3) is 0.818. The Kier molecular flexibility index (Phi) is 3.91. The van der Waals surface area contributed by atoms with Crippen LogP contribution in [-0.4, -0.2) is 28.6 Å². The molecule has 1 unspecified atom stereocenters. The Hall–Kier alpha value is -1.10. The maximum atomic E-state index is 11.7. The summed E-state index contributed by atoms with van der Waals surface area (Å²) in [7, 11) is 0. The molecule has 0 radical (unpaired) electrons. The smallest absolute Gasteiger partial charge is 0.326 e. The first-order chi connectivity index (χ1) is 7.35. The van der Waals surface area contributed by atoms with Crippen molar-refractivity contribution < 1.29 is 14.7 Å². The highest BCUT2D eigenvalue weighted by Gasteiger charge is 2.41. The number of nitrogens with one attached hydrogen (secondary N) is 1. The molecule has 0 saturated heterocycles. The number of carbonyl (C=O) groups excluding carboxylic acids is 1. The van der Waals surface area contributed by atoms with Crippen molar-refractivity contribution in [3.05, 3.63) is 0 Å². The molecular weight excluding hydrogens is 208 g/mol. The van der Waals surface area contributed by atoms with E-state index >= 15 is 0 Å². The molecule has 1 aliphatic carbocycles. The number of carbonyl (C=O) groups is 2. The van der Waals surface area contributed by atoms with Crippen molar-refractivity contribution in [2.75, 3.05) is 0 Å². The molecule has 0 aromatic rings. The third-order valence-electron chi connectivity index (χ3n) is 3.01. The molecule has 0 spiro atoms. The third-order valence-corrected chi connectivity index (χ3v) is 3.01. The lowest BCUT2D eigenvalue weighted by Crippen LogP contribution is -2.61. The average molecular weight is 228 g/mol. The Balaban J connectivity index is 2.54. The summed E-state index contributed by atoms with van der Waals surface area (Å²) in [6.07, 6.45) is 2.66. The van der Waals surface area contributed by atoms with E-state index in [0.29, 0.717) is 19.3 Å². The van der Waals surface area contributed by atoms with Gasteiger partial charge in [0.1, 0.15) is 6.04 Å². The summed E-state index contributed by atoms with van der Waals surface area (Å²) in [5.41, 5.74) is 4.99. The molecular formula is C11H20N2O3. The molecule has 1 aliphatic rings. The summed E-state index contributed by atoms with van der Waals surface area (Å²) in [6.45, 7) is 3.84. The molecule has 0 aromatic carbocycles. The molecule has 0 heterocycles. The van der Waals surface area contributed by atoms with Gasteiger partial charge in [0.2, 0.25) is 5.91 Å². The van der Waals surface area contributed by atoms with Gasteiger partial charge >= 0.3 is 5.97 Å². The van der Waals surface area contributed by atoms with E-state index in [4.69, 9.17) is 10.8 Å². The molecule has 4 N–H and O–H groups in total. The van der Waals surface area contributed by atoms with Crippen molar-refractivity contribution in [1.82, 2.24) is 5.32 Å². The van der Waals surface area contributed by atoms with Gasteiger partial charge in [0.15, 0.2) is 0 Å². The fourth-order valence-corrected chi connectivity index (χ4v) is 1.78. The Labute approximate surface area is 95.4 Å². The predicted molar refractivity (Wildman–Crippen MR) is 59.8 cm³/mol. The molecule has 0 bridgehead atoms. The van der Waals surface area contributed by atoms with Gasteiger partial charge in [-0.25, -0.2) is 4.79 Å². The van der Waals surface area contributed by atoms with Gasteiger partial charge in [0.05, 0.1) is 5.54 Å². The van der Waals surface area contributed by atoms with Crippen LogP contribution in [0.5, 0.6) is 0 Å². The topological polar surface area (TPSA) is 92.4 Å². The van der Waals surface area contributed by atoms with Crippen molar-refractivity contribution in [1.29, 1.82) is 0 Å². The van der Waals surface area contributed by atoms with E-state index in [9.17, 15) is 9.59 Å². The van der Waals surface area contributed by atoms with Gasteiger partial charge in [-0.3, -0.25) is 4.79 Å². The Morgan fingerprint density at radius 2 is 2.00 bits per heavy atom. The minimum Gasteiger partial charge on any atom is -0.480 e. The lowest BCUT2D eigenvalue weighted by atomic mass is 9.77. The summed E-state index contributed by atoms with van der Waals surface area (Å²) in [5.74, 6) is -1.10. The summed E-state index contributed by atoms with van der Waals surface area (Å²) < 4.78 is 0. The zero-order valence-electron chi connectivity index (χ0n) is 9.82. The Bertz CT molecular complexity index is 285. The van der Waals surface area contributed by atoms with Crippen LogP contribution in [0.15, 0.2) is 0 Å². The summed E-state index contributed by atoms with van der Waals surface area (Å²) in [5, 5.41) is 11.5. The van der Waals surface area contributed by atoms with Crippen LogP contribution in [0.25, 0.3) is 0 Å². The molecule has 5 heteroatoms. The first-order valence-corrected chi connectivity index (χ1v) is 5.68. The fourth-order valence-electron chi connectivity index (χ4n) is 1.78. The van der Waals surface area contributed by atoms with Crippen molar-refractivity contribution in [3.63, 3.8) is 0 Å². The summed E-state index contributed by atoms with van der Waals surface area (Å²) in [6, 6.07) is -0.825.